The second-order valence-electron chi connectivity index (χ2n) is 4.97. The van der Waals surface area contributed by atoms with E-state index in [9.17, 15) is 0 Å². The summed E-state index contributed by atoms with van der Waals surface area (Å²) >= 11 is 0. The molecule has 0 aliphatic rings. The summed E-state index contributed by atoms with van der Waals surface area (Å²) in [5, 5.41) is 1.20. The van der Waals surface area contributed by atoms with Crippen LogP contribution < -0.4 is 0 Å². The molecule has 17 heavy (non-hydrogen) atoms. The largest absolute Gasteiger partial charge is 0.551 e. The van der Waals surface area contributed by atoms with E-state index in [1.807, 2.05) is 12.1 Å². The molecule has 0 aliphatic heterocycles. The van der Waals surface area contributed by atoms with E-state index in [1.165, 1.54) is 16.5 Å². The zero-order valence-electron chi connectivity index (χ0n) is 11.3. The van der Waals surface area contributed by atoms with Gasteiger partial charge in [0.05, 0.1) is 14.9 Å². The smallest absolute Gasteiger partial charge is 0.241 e. The molecule has 0 saturated heterocycles. The van der Waals surface area contributed by atoms with Crippen LogP contribution in [0.2, 0.25) is 26.2 Å². The monoisotopic (exact) mass is 262 g/mol. The number of rotatable bonds is 5. The van der Waals surface area contributed by atoms with Crippen LogP contribution in [0.4, 0.5) is 0 Å². The van der Waals surface area contributed by atoms with Gasteiger partial charge in [-0.1, -0.05) is 49.5 Å². The van der Waals surface area contributed by atoms with E-state index in [-0.39, 0.29) is 9.52 Å². The second-order valence-corrected chi connectivity index (χ2v) is 10.8. The van der Waals surface area contributed by atoms with E-state index >= 15 is 0 Å². The van der Waals surface area contributed by atoms with Gasteiger partial charge in [0.15, 0.2) is 0 Å². The van der Waals surface area contributed by atoms with Crippen LogP contribution in [0.3, 0.4) is 0 Å². The third-order valence-electron chi connectivity index (χ3n) is 2.34. The molecule has 0 spiro atoms. The van der Waals surface area contributed by atoms with Gasteiger partial charge in [0.2, 0.25) is 8.32 Å². The minimum atomic E-state index is -1.52. The van der Waals surface area contributed by atoms with Crippen molar-refractivity contribution in [1.29, 1.82) is 0 Å². The van der Waals surface area contributed by atoms with Gasteiger partial charge in [0.1, 0.15) is 0 Å². The second kappa shape index (κ2) is 6.03. The lowest BCUT2D eigenvalue weighted by molar-refractivity contribution is 0.460. The van der Waals surface area contributed by atoms with E-state index in [4.69, 9.17) is 4.43 Å². The zero-order valence-corrected chi connectivity index (χ0v) is 13.7. The van der Waals surface area contributed by atoms with Crippen LogP contribution in [0.1, 0.15) is 5.56 Å². The fraction of sp³-hybridized carbons (Fsp3) is 0.286. The van der Waals surface area contributed by atoms with Crippen LogP contribution in [-0.2, 0) is 4.43 Å². The summed E-state index contributed by atoms with van der Waals surface area (Å²) < 4.78 is 6.20. The van der Waals surface area contributed by atoms with Gasteiger partial charge < -0.3 is 4.43 Å². The first-order valence-corrected chi connectivity index (χ1v) is 11.6. The first-order chi connectivity index (χ1) is 7.98. The molecule has 0 aromatic heterocycles. The van der Waals surface area contributed by atoms with Crippen LogP contribution in [0.5, 0.6) is 0 Å². The van der Waals surface area contributed by atoms with E-state index in [0.717, 1.165) is 0 Å². The Balaban J connectivity index is 3.16. The standard InChI is InChI=1S/C14H22OSi2/c1-6-13(12-10-8-7-9-11-12)14(16-2)15-17(3,4)5/h6-11H,1,16H2,2-5H3. The van der Waals surface area contributed by atoms with Crippen LogP contribution >= 0.6 is 0 Å². The maximum absolute atomic E-state index is 6.20. The Morgan fingerprint density at radius 1 is 1.24 bits per heavy atom. The summed E-state index contributed by atoms with van der Waals surface area (Å²) in [7, 11) is -1.86. The van der Waals surface area contributed by atoms with Crippen LogP contribution in [0.15, 0.2) is 48.4 Å². The molecule has 0 amide bonds. The van der Waals surface area contributed by atoms with Crippen molar-refractivity contribution in [3.8, 4) is 0 Å². The quantitative estimate of drug-likeness (QED) is 0.447. The van der Waals surface area contributed by atoms with Crippen LogP contribution in [0, 0.1) is 0 Å². The third-order valence-corrected chi connectivity index (χ3v) is 4.65. The van der Waals surface area contributed by atoms with E-state index in [0.29, 0.717) is 0 Å². The number of hydrogen-bond donors (Lipinski definition) is 0. The predicted molar refractivity (Wildman–Crippen MR) is 82.4 cm³/mol. The molecule has 0 heterocycles. The van der Waals surface area contributed by atoms with Crippen molar-refractivity contribution >= 4 is 23.4 Å². The SMILES string of the molecule is C=CC(=C(O[Si](C)(C)C)[SiH2]C)c1ccccc1. The highest BCUT2D eigenvalue weighted by molar-refractivity contribution is 6.71. The maximum Gasteiger partial charge on any atom is 0.241 e. The summed E-state index contributed by atoms with van der Waals surface area (Å²) in [6.07, 6.45) is 1.93. The lowest BCUT2D eigenvalue weighted by Gasteiger charge is -2.23. The minimum Gasteiger partial charge on any atom is -0.551 e. The molecule has 0 fully saturated rings. The van der Waals surface area contributed by atoms with E-state index in [2.05, 4.69) is 57.0 Å². The van der Waals surface area contributed by atoms with Gasteiger partial charge in [-0.3, -0.25) is 0 Å². The van der Waals surface area contributed by atoms with Gasteiger partial charge in [0.25, 0.3) is 0 Å². The normalized spacial score (nSPS) is 13.6. The number of allylic oxidation sites excluding steroid dienone is 2. The fourth-order valence-corrected chi connectivity index (χ4v) is 5.15. The van der Waals surface area contributed by atoms with Crippen molar-refractivity contribution in [2.45, 2.75) is 26.2 Å². The topological polar surface area (TPSA) is 9.23 Å². The Bertz CT molecular complexity index is 402. The lowest BCUT2D eigenvalue weighted by Crippen LogP contribution is -2.26. The molecule has 1 nitrogen and oxygen atoms in total. The van der Waals surface area contributed by atoms with Crippen molar-refractivity contribution in [1.82, 2.24) is 0 Å². The average molecular weight is 263 g/mol. The Kier molecular flexibility index (Phi) is 4.96. The Morgan fingerprint density at radius 2 is 1.82 bits per heavy atom. The summed E-state index contributed by atoms with van der Waals surface area (Å²) in [4.78, 5) is 0. The maximum atomic E-state index is 6.20. The molecule has 0 radical (unpaired) electrons. The molecule has 0 unspecified atom stereocenters. The van der Waals surface area contributed by atoms with Gasteiger partial charge in [-0.2, -0.15) is 0 Å². The molecule has 92 valence electrons. The number of hydrogen-bond acceptors (Lipinski definition) is 1. The van der Waals surface area contributed by atoms with Crippen LogP contribution in [0.25, 0.3) is 5.57 Å². The summed E-state index contributed by atoms with van der Waals surface area (Å²) in [5.74, 6) is 0. The van der Waals surface area contributed by atoms with Crippen molar-refractivity contribution in [2.24, 2.45) is 0 Å². The molecule has 0 bridgehead atoms. The highest BCUT2D eigenvalue weighted by Gasteiger charge is 2.18. The number of benzene rings is 1. The van der Waals surface area contributed by atoms with Crippen molar-refractivity contribution < 1.29 is 4.43 Å². The molecule has 3 heteroatoms. The lowest BCUT2D eigenvalue weighted by atomic mass is 10.1. The van der Waals surface area contributed by atoms with Gasteiger partial charge in [-0.15, -0.1) is 0 Å². The molecule has 1 rings (SSSR count). The molecule has 1 aromatic carbocycles. The molecule has 0 aliphatic carbocycles. The van der Waals surface area contributed by atoms with Gasteiger partial charge in [-0.05, 0) is 25.2 Å². The van der Waals surface area contributed by atoms with Crippen molar-refractivity contribution in [3.05, 3.63) is 53.9 Å². The Labute approximate surface area is 108 Å². The fourth-order valence-electron chi connectivity index (χ4n) is 1.70. The predicted octanol–water partition coefficient (Wildman–Crippen LogP) is 3.61. The molecular weight excluding hydrogens is 240 g/mol. The highest BCUT2D eigenvalue weighted by Crippen LogP contribution is 2.22. The van der Waals surface area contributed by atoms with Crippen molar-refractivity contribution in [3.63, 3.8) is 0 Å². The van der Waals surface area contributed by atoms with Gasteiger partial charge >= 0.3 is 0 Å². The molecule has 0 N–H and O–H groups in total. The third kappa shape index (κ3) is 4.36. The first kappa shape index (κ1) is 14.0. The molecule has 0 saturated carbocycles. The molecule has 1 aromatic rings. The summed E-state index contributed by atoms with van der Waals surface area (Å²) in [6, 6.07) is 10.4. The highest BCUT2D eigenvalue weighted by atomic mass is 28.4. The average Bonchev–Trinajstić information content (AvgIpc) is 2.28. The molecule has 0 atom stereocenters. The minimum absolute atomic E-state index is 0.333. The summed E-state index contributed by atoms with van der Waals surface area (Å²) in [5.41, 5.74) is 2.40. The Hall–Kier alpha value is -1.07. The van der Waals surface area contributed by atoms with Crippen LogP contribution in [-0.4, -0.2) is 17.8 Å². The zero-order chi connectivity index (χ0) is 12.9. The van der Waals surface area contributed by atoms with Gasteiger partial charge in [0, 0.05) is 5.57 Å². The van der Waals surface area contributed by atoms with Gasteiger partial charge in [-0.25, -0.2) is 0 Å². The summed E-state index contributed by atoms with van der Waals surface area (Å²) in [6.45, 7) is 12.9. The molecular formula is C14H22OSi2. The van der Waals surface area contributed by atoms with Crippen molar-refractivity contribution in [2.75, 3.05) is 0 Å². The van der Waals surface area contributed by atoms with E-state index < -0.39 is 8.32 Å². The Morgan fingerprint density at radius 3 is 2.24 bits per heavy atom. The first-order valence-electron chi connectivity index (χ1n) is 6.08. The van der Waals surface area contributed by atoms with E-state index in [1.54, 1.807) is 0 Å².